The van der Waals surface area contributed by atoms with Gasteiger partial charge < -0.3 is 15.8 Å². The Labute approximate surface area is 109 Å². The molecule has 5 heteroatoms. The molecule has 1 aromatic heterocycles. The zero-order chi connectivity index (χ0) is 13.2. The number of aromatic nitrogens is 2. The van der Waals surface area contributed by atoms with Gasteiger partial charge in [-0.25, -0.2) is 4.98 Å². The second-order valence-electron chi connectivity index (χ2n) is 4.23. The predicted octanol–water partition coefficient (Wildman–Crippen LogP) is 2.11. The standard InChI is InChI=1S/C13H24N4O/c1-3-18-12-10-11(2)16-13(17-12)15-9-7-5-4-6-8-14/h10H,3-9,14H2,1-2H3,(H,15,16,17). The number of anilines is 1. The van der Waals surface area contributed by atoms with Crippen LogP contribution in [0.5, 0.6) is 5.88 Å². The first kappa shape index (κ1) is 14.7. The van der Waals surface area contributed by atoms with Crippen molar-refractivity contribution < 1.29 is 4.74 Å². The molecule has 0 aliphatic carbocycles. The Kier molecular flexibility index (Phi) is 7.10. The van der Waals surface area contributed by atoms with Gasteiger partial charge in [-0.15, -0.1) is 0 Å². The fourth-order valence-corrected chi connectivity index (χ4v) is 1.66. The van der Waals surface area contributed by atoms with Gasteiger partial charge >= 0.3 is 0 Å². The second kappa shape index (κ2) is 8.69. The molecule has 0 aromatic carbocycles. The average molecular weight is 252 g/mol. The van der Waals surface area contributed by atoms with Crippen LogP contribution >= 0.6 is 0 Å². The Bertz CT molecular complexity index is 344. The fraction of sp³-hybridized carbons (Fsp3) is 0.692. The maximum atomic E-state index is 5.45. The van der Waals surface area contributed by atoms with Gasteiger partial charge in [0, 0.05) is 18.3 Å². The highest BCUT2D eigenvalue weighted by molar-refractivity contribution is 5.30. The molecule has 0 spiro atoms. The molecular weight excluding hydrogens is 228 g/mol. The van der Waals surface area contributed by atoms with Gasteiger partial charge in [-0.3, -0.25) is 0 Å². The Morgan fingerprint density at radius 3 is 2.72 bits per heavy atom. The van der Waals surface area contributed by atoms with Gasteiger partial charge in [0.25, 0.3) is 0 Å². The van der Waals surface area contributed by atoms with Crippen molar-refractivity contribution in [1.82, 2.24) is 9.97 Å². The highest BCUT2D eigenvalue weighted by atomic mass is 16.5. The summed E-state index contributed by atoms with van der Waals surface area (Å²) in [6.07, 6.45) is 4.60. The van der Waals surface area contributed by atoms with Crippen molar-refractivity contribution in [2.24, 2.45) is 5.73 Å². The lowest BCUT2D eigenvalue weighted by atomic mass is 10.2. The van der Waals surface area contributed by atoms with Gasteiger partial charge in [0.15, 0.2) is 0 Å². The number of ether oxygens (including phenoxy) is 1. The van der Waals surface area contributed by atoms with Crippen LogP contribution in [0.1, 0.15) is 38.3 Å². The molecule has 0 aliphatic heterocycles. The summed E-state index contributed by atoms with van der Waals surface area (Å²) in [5.74, 6) is 1.29. The smallest absolute Gasteiger partial charge is 0.226 e. The van der Waals surface area contributed by atoms with Gasteiger partial charge in [0.1, 0.15) is 0 Å². The molecule has 102 valence electrons. The summed E-state index contributed by atoms with van der Waals surface area (Å²) >= 11 is 0. The van der Waals surface area contributed by atoms with Crippen LogP contribution in [-0.4, -0.2) is 29.7 Å². The number of nitrogens with two attached hydrogens (primary N) is 1. The molecule has 1 heterocycles. The van der Waals surface area contributed by atoms with Crippen LogP contribution in [0.3, 0.4) is 0 Å². The summed E-state index contributed by atoms with van der Waals surface area (Å²) in [6, 6.07) is 1.84. The van der Waals surface area contributed by atoms with E-state index in [0.29, 0.717) is 18.4 Å². The van der Waals surface area contributed by atoms with Gasteiger partial charge in [-0.05, 0) is 33.2 Å². The molecular formula is C13H24N4O. The SMILES string of the molecule is CCOc1cc(C)nc(NCCCCCCN)n1. The van der Waals surface area contributed by atoms with Gasteiger partial charge in [-0.2, -0.15) is 4.98 Å². The number of rotatable bonds is 9. The number of unbranched alkanes of at least 4 members (excludes halogenated alkanes) is 3. The summed E-state index contributed by atoms with van der Waals surface area (Å²) in [7, 11) is 0. The summed E-state index contributed by atoms with van der Waals surface area (Å²) in [5.41, 5.74) is 6.36. The van der Waals surface area contributed by atoms with E-state index < -0.39 is 0 Å². The minimum atomic E-state index is 0.620. The lowest BCUT2D eigenvalue weighted by Crippen LogP contribution is -2.08. The van der Waals surface area contributed by atoms with Crippen molar-refractivity contribution in [3.63, 3.8) is 0 Å². The molecule has 1 aromatic rings. The fourth-order valence-electron chi connectivity index (χ4n) is 1.66. The van der Waals surface area contributed by atoms with E-state index in [9.17, 15) is 0 Å². The van der Waals surface area contributed by atoms with E-state index in [2.05, 4.69) is 15.3 Å². The normalized spacial score (nSPS) is 10.4. The van der Waals surface area contributed by atoms with Crippen molar-refractivity contribution in [2.45, 2.75) is 39.5 Å². The van der Waals surface area contributed by atoms with Crippen molar-refractivity contribution in [3.8, 4) is 5.88 Å². The highest BCUT2D eigenvalue weighted by Crippen LogP contribution is 2.12. The van der Waals surface area contributed by atoms with E-state index in [-0.39, 0.29) is 0 Å². The van der Waals surface area contributed by atoms with Crippen LogP contribution < -0.4 is 15.8 Å². The van der Waals surface area contributed by atoms with Crippen molar-refractivity contribution in [3.05, 3.63) is 11.8 Å². The largest absolute Gasteiger partial charge is 0.478 e. The number of aryl methyl sites for hydroxylation is 1. The predicted molar refractivity (Wildman–Crippen MR) is 74.0 cm³/mol. The van der Waals surface area contributed by atoms with E-state index >= 15 is 0 Å². The minimum absolute atomic E-state index is 0.620. The molecule has 0 atom stereocenters. The Balaban J connectivity index is 2.32. The lowest BCUT2D eigenvalue weighted by molar-refractivity contribution is 0.326. The summed E-state index contributed by atoms with van der Waals surface area (Å²) in [6.45, 7) is 6.18. The Morgan fingerprint density at radius 1 is 1.22 bits per heavy atom. The molecule has 0 saturated heterocycles. The average Bonchev–Trinajstić information content (AvgIpc) is 2.33. The van der Waals surface area contributed by atoms with E-state index in [4.69, 9.17) is 10.5 Å². The molecule has 5 nitrogen and oxygen atoms in total. The number of hydrogen-bond acceptors (Lipinski definition) is 5. The monoisotopic (exact) mass is 252 g/mol. The topological polar surface area (TPSA) is 73.1 Å². The van der Waals surface area contributed by atoms with Gasteiger partial charge in [-0.1, -0.05) is 12.8 Å². The Hall–Kier alpha value is -1.36. The first-order valence-electron chi connectivity index (χ1n) is 6.68. The molecule has 0 bridgehead atoms. The van der Waals surface area contributed by atoms with Crippen molar-refractivity contribution in [1.29, 1.82) is 0 Å². The van der Waals surface area contributed by atoms with Crippen LogP contribution in [0.15, 0.2) is 6.07 Å². The van der Waals surface area contributed by atoms with Crippen LogP contribution in [0.2, 0.25) is 0 Å². The maximum Gasteiger partial charge on any atom is 0.226 e. The molecule has 0 unspecified atom stereocenters. The maximum absolute atomic E-state index is 5.45. The number of nitrogens with one attached hydrogen (secondary N) is 1. The molecule has 0 radical (unpaired) electrons. The van der Waals surface area contributed by atoms with Gasteiger partial charge in [0.2, 0.25) is 11.8 Å². The van der Waals surface area contributed by atoms with E-state index in [1.54, 1.807) is 0 Å². The highest BCUT2D eigenvalue weighted by Gasteiger charge is 2.01. The zero-order valence-electron chi connectivity index (χ0n) is 11.4. The van der Waals surface area contributed by atoms with Gasteiger partial charge in [0.05, 0.1) is 6.61 Å². The van der Waals surface area contributed by atoms with E-state index in [0.717, 1.165) is 31.6 Å². The molecule has 18 heavy (non-hydrogen) atoms. The molecule has 0 saturated carbocycles. The quantitative estimate of drug-likeness (QED) is 0.659. The third-order valence-electron chi connectivity index (χ3n) is 2.54. The summed E-state index contributed by atoms with van der Waals surface area (Å²) < 4.78 is 5.38. The first-order chi connectivity index (χ1) is 8.76. The van der Waals surface area contributed by atoms with Crippen LogP contribution in [-0.2, 0) is 0 Å². The summed E-state index contributed by atoms with van der Waals surface area (Å²) in [5, 5.41) is 3.23. The van der Waals surface area contributed by atoms with Crippen molar-refractivity contribution in [2.75, 3.05) is 25.0 Å². The second-order valence-corrected chi connectivity index (χ2v) is 4.23. The third kappa shape index (κ3) is 5.82. The Morgan fingerprint density at radius 2 is 2.00 bits per heavy atom. The van der Waals surface area contributed by atoms with Crippen molar-refractivity contribution >= 4 is 5.95 Å². The first-order valence-corrected chi connectivity index (χ1v) is 6.68. The molecule has 3 N–H and O–H groups in total. The summed E-state index contributed by atoms with van der Waals surface area (Å²) in [4.78, 5) is 8.62. The lowest BCUT2D eigenvalue weighted by Gasteiger charge is -2.08. The van der Waals surface area contributed by atoms with E-state index in [1.807, 2.05) is 19.9 Å². The minimum Gasteiger partial charge on any atom is -0.478 e. The molecule has 0 aliphatic rings. The van der Waals surface area contributed by atoms with Crippen LogP contribution in [0, 0.1) is 6.92 Å². The van der Waals surface area contributed by atoms with Crippen LogP contribution in [0.25, 0.3) is 0 Å². The molecule has 0 amide bonds. The number of nitrogens with zero attached hydrogens (tertiary/aromatic N) is 2. The number of hydrogen-bond donors (Lipinski definition) is 2. The van der Waals surface area contributed by atoms with Crippen LogP contribution in [0.4, 0.5) is 5.95 Å². The molecule has 1 rings (SSSR count). The third-order valence-corrected chi connectivity index (χ3v) is 2.54. The zero-order valence-corrected chi connectivity index (χ0v) is 11.4. The molecule has 0 fully saturated rings. The van der Waals surface area contributed by atoms with E-state index in [1.165, 1.54) is 12.8 Å².